The molecule has 2 N–H and O–H groups in total. The second kappa shape index (κ2) is 5.34. The number of pyridine rings is 1. The highest BCUT2D eigenvalue weighted by molar-refractivity contribution is 5.66. The Morgan fingerprint density at radius 1 is 1.00 bits per heavy atom. The predicted octanol–water partition coefficient (Wildman–Crippen LogP) is 1.96. The van der Waals surface area contributed by atoms with Gasteiger partial charge in [-0.1, -0.05) is 28.6 Å². The molecule has 4 rings (SSSR count). The number of benzene rings is 1. The lowest BCUT2D eigenvalue weighted by Gasteiger charge is -2.01. The Hall–Kier alpha value is -3.55. The molecule has 0 unspecified atom stereocenters. The van der Waals surface area contributed by atoms with Gasteiger partial charge in [0.15, 0.2) is 11.5 Å². The Morgan fingerprint density at radius 2 is 1.78 bits per heavy atom. The summed E-state index contributed by atoms with van der Waals surface area (Å²) < 4.78 is 6.78. The molecule has 8 nitrogen and oxygen atoms in total. The van der Waals surface area contributed by atoms with E-state index in [9.17, 15) is 0 Å². The zero-order valence-corrected chi connectivity index (χ0v) is 11.9. The topological polar surface area (TPSA) is 109 Å². The van der Waals surface area contributed by atoms with E-state index in [-0.39, 0.29) is 5.89 Å². The fraction of sp³-hybridized carbons (Fsp3) is 0. The molecule has 0 fully saturated rings. The summed E-state index contributed by atoms with van der Waals surface area (Å²) in [6.45, 7) is 0. The van der Waals surface area contributed by atoms with Gasteiger partial charge >= 0.3 is 0 Å². The number of nitrogen functional groups attached to an aromatic ring is 1. The molecule has 0 amide bonds. The van der Waals surface area contributed by atoms with Crippen LogP contribution >= 0.6 is 0 Å². The van der Waals surface area contributed by atoms with Crippen LogP contribution in [0, 0.1) is 0 Å². The smallest absolute Gasteiger partial charge is 0.282 e. The van der Waals surface area contributed by atoms with Crippen molar-refractivity contribution in [2.24, 2.45) is 0 Å². The van der Waals surface area contributed by atoms with Crippen molar-refractivity contribution < 1.29 is 4.52 Å². The van der Waals surface area contributed by atoms with Gasteiger partial charge in [0.25, 0.3) is 5.89 Å². The van der Waals surface area contributed by atoms with Crippen LogP contribution in [0.2, 0.25) is 0 Å². The van der Waals surface area contributed by atoms with E-state index in [1.54, 1.807) is 24.5 Å². The van der Waals surface area contributed by atoms with E-state index in [1.165, 1.54) is 4.68 Å². The van der Waals surface area contributed by atoms with Crippen molar-refractivity contribution in [1.82, 2.24) is 30.1 Å². The van der Waals surface area contributed by atoms with Gasteiger partial charge in [-0.2, -0.15) is 9.67 Å². The number of hydrogen-bond donors (Lipinski definition) is 1. The maximum atomic E-state index is 6.12. The number of rotatable bonds is 3. The Bertz CT molecular complexity index is 931. The van der Waals surface area contributed by atoms with Crippen LogP contribution < -0.4 is 5.73 Å². The molecule has 0 spiro atoms. The molecule has 0 radical (unpaired) electrons. The molecule has 23 heavy (non-hydrogen) atoms. The average Bonchev–Trinajstić information content (AvgIpc) is 3.23. The third-order valence-electron chi connectivity index (χ3n) is 3.27. The molecule has 112 valence electrons. The van der Waals surface area contributed by atoms with Crippen molar-refractivity contribution in [3.63, 3.8) is 0 Å². The van der Waals surface area contributed by atoms with Crippen LogP contribution in [0.1, 0.15) is 0 Å². The molecule has 0 atom stereocenters. The van der Waals surface area contributed by atoms with Gasteiger partial charge < -0.3 is 10.3 Å². The van der Waals surface area contributed by atoms with Crippen molar-refractivity contribution in [1.29, 1.82) is 0 Å². The van der Waals surface area contributed by atoms with E-state index in [2.05, 4.69) is 25.4 Å². The summed E-state index contributed by atoms with van der Waals surface area (Å²) in [5.74, 6) is 0.994. The summed E-state index contributed by atoms with van der Waals surface area (Å²) >= 11 is 0. The van der Waals surface area contributed by atoms with Crippen LogP contribution in [0.3, 0.4) is 0 Å². The van der Waals surface area contributed by atoms with Gasteiger partial charge in [0.1, 0.15) is 0 Å². The minimum atomic E-state index is 0.219. The highest BCUT2D eigenvalue weighted by Crippen LogP contribution is 2.25. The van der Waals surface area contributed by atoms with Crippen LogP contribution in [0.5, 0.6) is 0 Å². The van der Waals surface area contributed by atoms with Gasteiger partial charge in [0.2, 0.25) is 5.82 Å². The fourth-order valence-electron chi connectivity index (χ4n) is 2.14. The Labute approximate surface area is 130 Å². The Kier molecular flexibility index (Phi) is 3.05. The summed E-state index contributed by atoms with van der Waals surface area (Å²) in [6.07, 6.45) is 3.32. The van der Waals surface area contributed by atoms with E-state index in [1.807, 2.05) is 30.3 Å². The van der Waals surface area contributed by atoms with E-state index in [4.69, 9.17) is 10.3 Å². The Morgan fingerprint density at radius 3 is 2.57 bits per heavy atom. The van der Waals surface area contributed by atoms with Crippen LogP contribution in [0.25, 0.3) is 28.7 Å². The van der Waals surface area contributed by atoms with E-state index in [0.717, 1.165) is 11.3 Å². The van der Waals surface area contributed by atoms with Crippen molar-refractivity contribution >= 4 is 5.82 Å². The molecular formula is C15H11N7O. The molecule has 3 heterocycles. The lowest BCUT2D eigenvalue weighted by atomic mass is 10.2. The van der Waals surface area contributed by atoms with Gasteiger partial charge in [-0.05, 0) is 24.3 Å². The standard InChI is InChI=1S/C15H11N7O/c16-13-12(19-21-22(13)11-4-2-1-3-5-11)15-18-14(20-23-15)10-6-8-17-9-7-10/h1-9H,16H2. The minimum absolute atomic E-state index is 0.219. The molecule has 8 heteroatoms. The van der Waals surface area contributed by atoms with Crippen molar-refractivity contribution in [2.75, 3.05) is 5.73 Å². The van der Waals surface area contributed by atoms with Gasteiger partial charge in [-0.3, -0.25) is 4.98 Å². The summed E-state index contributed by atoms with van der Waals surface area (Å²) in [7, 11) is 0. The second-order valence-electron chi connectivity index (χ2n) is 4.73. The van der Waals surface area contributed by atoms with Crippen molar-refractivity contribution in [3.05, 3.63) is 54.9 Å². The third-order valence-corrected chi connectivity index (χ3v) is 3.27. The zero-order chi connectivity index (χ0) is 15.6. The highest BCUT2D eigenvalue weighted by Gasteiger charge is 2.19. The molecule has 1 aromatic carbocycles. The lowest BCUT2D eigenvalue weighted by Crippen LogP contribution is -2.01. The average molecular weight is 305 g/mol. The molecule has 0 aliphatic rings. The molecule has 0 aliphatic carbocycles. The number of para-hydroxylation sites is 1. The first kappa shape index (κ1) is 13.1. The summed E-state index contributed by atoms with van der Waals surface area (Å²) in [5.41, 5.74) is 8.06. The van der Waals surface area contributed by atoms with Crippen LogP contribution in [0.15, 0.2) is 59.4 Å². The van der Waals surface area contributed by atoms with Gasteiger partial charge in [0.05, 0.1) is 5.69 Å². The predicted molar refractivity (Wildman–Crippen MR) is 82.3 cm³/mol. The number of hydrogen-bond acceptors (Lipinski definition) is 7. The minimum Gasteiger partial charge on any atom is -0.382 e. The normalized spacial score (nSPS) is 10.8. The van der Waals surface area contributed by atoms with Gasteiger partial charge in [0, 0.05) is 18.0 Å². The van der Waals surface area contributed by atoms with E-state index in [0.29, 0.717) is 17.3 Å². The molecule has 3 aromatic heterocycles. The SMILES string of the molecule is Nc1c(-c2nc(-c3ccncc3)no2)nnn1-c1ccccc1. The Balaban J connectivity index is 1.73. The maximum Gasteiger partial charge on any atom is 0.282 e. The first-order chi connectivity index (χ1) is 11.3. The number of aromatic nitrogens is 6. The molecular weight excluding hydrogens is 294 g/mol. The molecule has 0 bridgehead atoms. The fourth-order valence-corrected chi connectivity index (χ4v) is 2.14. The maximum absolute atomic E-state index is 6.12. The monoisotopic (exact) mass is 305 g/mol. The molecule has 0 aliphatic heterocycles. The first-order valence-corrected chi connectivity index (χ1v) is 6.84. The van der Waals surface area contributed by atoms with Gasteiger partial charge in [-0.25, -0.2) is 0 Å². The summed E-state index contributed by atoms with van der Waals surface area (Å²) in [4.78, 5) is 8.27. The van der Waals surface area contributed by atoms with Crippen LogP contribution in [0.4, 0.5) is 5.82 Å². The van der Waals surface area contributed by atoms with Crippen LogP contribution in [-0.2, 0) is 0 Å². The number of nitrogens with two attached hydrogens (primary N) is 1. The summed E-state index contributed by atoms with van der Waals surface area (Å²) in [5, 5.41) is 12.0. The van der Waals surface area contributed by atoms with Gasteiger partial charge in [-0.15, -0.1) is 5.10 Å². The molecule has 0 saturated heterocycles. The first-order valence-electron chi connectivity index (χ1n) is 6.84. The quantitative estimate of drug-likeness (QED) is 0.616. The van der Waals surface area contributed by atoms with Crippen molar-refractivity contribution in [3.8, 4) is 28.7 Å². The van der Waals surface area contributed by atoms with E-state index >= 15 is 0 Å². The highest BCUT2D eigenvalue weighted by atomic mass is 16.5. The van der Waals surface area contributed by atoms with Crippen molar-refractivity contribution in [2.45, 2.75) is 0 Å². The summed E-state index contributed by atoms with van der Waals surface area (Å²) in [6, 6.07) is 13.0. The second-order valence-corrected chi connectivity index (χ2v) is 4.73. The van der Waals surface area contributed by atoms with E-state index < -0.39 is 0 Å². The molecule has 0 saturated carbocycles. The number of anilines is 1. The van der Waals surface area contributed by atoms with Crippen LogP contribution in [-0.4, -0.2) is 30.1 Å². The lowest BCUT2D eigenvalue weighted by molar-refractivity contribution is 0.431. The largest absolute Gasteiger partial charge is 0.382 e. The third kappa shape index (κ3) is 2.31. The molecule has 4 aromatic rings. The zero-order valence-electron chi connectivity index (χ0n) is 11.9. The number of nitrogens with zero attached hydrogens (tertiary/aromatic N) is 6.